The summed E-state index contributed by atoms with van der Waals surface area (Å²) in [5.41, 5.74) is 6.98. The summed E-state index contributed by atoms with van der Waals surface area (Å²) >= 11 is 0. The Balaban J connectivity index is 0.00000288. The molecule has 0 saturated heterocycles. The van der Waals surface area contributed by atoms with E-state index in [1.807, 2.05) is 31.2 Å². The Hall–Kier alpha value is -1.02. The van der Waals surface area contributed by atoms with Crippen LogP contribution in [0.5, 0.6) is 5.75 Å². The molecule has 0 heterocycles. The van der Waals surface area contributed by atoms with Gasteiger partial charge in [0, 0.05) is 13.2 Å². The van der Waals surface area contributed by atoms with Gasteiger partial charge in [0.1, 0.15) is 5.75 Å². The second-order valence-electron chi connectivity index (χ2n) is 6.22. The van der Waals surface area contributed by atoms with Gasteiger partial charge >= 0.3 is 0 Å². The van der Waals surface area contributed by atoms with Gasteiger partial charge in [-0.25, -0.2) is 4.99 Å². The number of ether oxygens (including phenoxy) is 2. The topological polar surface area (TPSA) is 68.9 Å². The van der Waals surface area contributed by atoms with Crippen LogP contribution in [0.3, 0.4) is 0 Å². The fraction of sp³-hybridized carbons (Fsp3) is 0.611. The Morgan fingerprint density at radius 3 is 2.54 bits per heavy atom. The minimum Gasteiger partial charge on any atom is -0.490 e. The average Bonchev–Trinajstić information content (AvgIpc) is 2.55. The van der Waals surface area contributed by atoms with E-state index in [1.54, 1.807) is 7.11 Å². The lowest BCUT2D eigenvalue weighted by atomic mass is 9.98. The molecule has 1 unspecified atom stereocenters. The highest BCUT2D eigenvalue weighted by molar-refractivity contribution is 14.0. The minimum absolute atomic E-state index is 0. The van der Waals surface area contributed by atoms with Crippen molar-refractivity contribution in [3.63, 3.8) is 0 Å². The molecule has 136 valence electrons. The van der Waals surface area contributed by atoms with E-state index in [0.717, 1.165) is 11.3 Å². The number of nitrogens with zero attached hydrogens (tertiary/aromatic N) is 1. The van der Waals surface area contributed by atoms with Crippen molar-refractivity contribution in [3.05, 3.63) is 29.8 Å². The van der Waals surface area contributed by atoms with Crippen LogP contribution in [-0.4, -0.2) is 31.8 Å². The van der Waals surface area contributed by atoms with Crippen molar-refractivity contribution in [1.29, 1.82) is 0 Å². The first-order chi connectivity index (χ1) is 11.2. The summed E-state index contributed by atoms with van der Waals surface area (Å²) in [5.74, 6) is 1.39. The molecule has 3 N–H and O–H groups in total. The highest BCUT2D eigenvalue weighted by atomic mass is 127. The van der Waals surface area contributed by atoms with Crippen molar-refractivity contribution in [3.8, 4) is 5.75 Å². The van der Waals surface area contributed by atoms with Gasteiger partial charge in [-0.1, -0.05) is 18.6 Å². The van der Waals surface area contributed by atoms with Crippen LogP contribution in [0.1, 0.15) is 44.6 Å². The van der Waals surface area contributed by atoms with E-state index in [4.69, 9.17) is 15.2 Å². The smallest absolute Gasteiger partial charge is 0.189 e. The van der Waals surface area contributed by atoms with E-state index in [0.29, 0.717) is 25.2 Å². The van der Waals surface area contributed by atoms with Crippen LogP contribution in [0.4, 0.5) is 0 Å². The Kier molecular flexibility index (Phi) is 10.1. The summed E-state index contributed by atoms with van der Waals surface area (Å²) in [7, 11) is 1.67. The minimum atomic E-state index is 0. The standard InChI is InChI=1S/C18H29N3O2.HI/c1-14(13-22-2)21-18(19)20-12-15-8-10-17(11-9-15)23-16-6-4-3-5-7-16;/h8-11,14,16H,3-7,12-13H2,1-2H3,(H3,19,20,21);1H. The molecule has 0 bridgehead atoms. The summed E-state index contributed by atoms with van der Waals surface area (Å²) in [6.45, 7) is 3.16. The number of halogens is 1. The maximum Gasteiger partial charge on any atom is 0.189 e. The summed E-state index contributed by atoms with van der Waals surface area (Å²) < 4.78 is 11.1. The lowest BCUT2D eigenvalue weighted by Crippen LogP contribution is -2.40. The Bertz CT molecular complexity index is 488. The van der Waals surface area contributed by atoms with E-state index in [-0.39, 0.29) is 30.0 Å². The highest BCUT2D eigenvalue weighted by Gasteiger charge is 2.14. The van der Waals surface area contributed by atoms with Crippen LogP contribution in [0.25, 0.3) is 0 Å². The van der Waals surface area contributed by atoms with Crippen LogP contribution in [0.15, 0.2) is 29.3 Å². The number of hydrogen-bond donors (Lipinski definition) is 2. The van der Waals surface area contributed by atoms with Crippen molar-refractivity contribution < 1.29 is 9.47 Å². The fourth-order valence-electron chi connectivity index (χ4n) is 2.82. The van der Waals surface area contributed by atoms with Crippen LogP contribution < -0.4 is 15.8 Å². The number of nitrogens with one attached hydrogen (secondary N) is 1. The molecule has 1 aromatic rings. The highest BCUT2D eigenvalue weighted by Crippen LogP contribution is 2.23. The van der Waals surface area contributed by atoms with Gasteiger partial charge in [-0.2, -0.15) is 0 Å². The molecule has 1 fully saturated rings. The molecular weight excluding hydrogens is 417 g/mol. The Labute approximate surface area is 162 Å². The monoisotopic (exact) mass is 447 g/mol. The molecule has 0 spiro atoms. The predicted molar refractivity (Wildman–Crippen MR) is 109 cm³/mol. The molecule has 0 amide bonds. The van der Waals surface area contributed by atoms with E-state index in [9.17, 15) is 0 Å². The summed E-state index contributed by atoms with van der Waals surface area (Å²) in [6.07, 6.45) is 6.64. The van der Waals surface area contributed by atoms with Crippen molar-refractivity contribution in [2.75, 3.05) is 13.7 Å². The van der Waals surface area contributed by atoms with Gasteiger partial charge in [0.05, 0.1) is 19.3 Å². The molecule has 1 aliphatic rings. The molecule has 1 saturated carbocycles. The molecule has 0 aromatic heterocycles. The average molecular weight is 447 g/mol. The van der Waals surface area contributed by atoms with Gasteiger partial charge in [0.2, 0.25) is 0 Å². The molecule has 5 nitrogen and oxygen atoms in total. The first-order valence-electron chi connectivity index (χ1n) is 8.48. The first-order valence-corrected chi connectivity index (χ1v) is 8.48. The zero-order chi connectivity index (χ0) is 16.5. The van der Waals surface area contributed by atoms with Crippen molar-refractivity contribution >= 4 is 29.9 Å². The van der Waals surface area contributed by atoms with Gasteiger partial charge < -0.3 is 20.5 Å². The third kappa shape index (κ3) is 7.70. The Morgan fingerprint density at radius 1 is 1.25 bits per heavy atom. The largest absolute Gasteiger partial charge is 0.490 e. The van der Waals surface area contributed by atoms with E-state index < -0.39 is 0 Å². The number of hydrogen-bond acceptors (Lipinski definition) is 3. The number of aliphatic imine (C=N–C) groups is 1. The molecule has 1 aromatic carbocycles. The number of nitrogens with two attached hydrogens (primary N) is 1. The predicted octanol–water partition coefficient (Wildman–Crippen LogP) is 3.46. The van der Waals surface area contributed by atoms with Crippen LogP contribution in [0.2, 0.25) is 0 Å². The van der Waals surface area contributed by atoms with Crippen LogP contribution in [-0.2, 0) is 11.3 Å². The molecule has 2 rings (SSSR count). The summed E-state index contributed by atoms with van der Waals surface area (Å²) in [5, 5.41) is 3.09. The maximum absolute atomic E-state index is 6.03. The molecule has 24 heavy (non-hydrogen) atoms. The third-order valence-corrected chi connectivity index (χ3v) is 4.02. The van der Waals surface area contributed by atoms with Gasteiger partial charge in [0.15, 0.2) is 5.96 Å². The zero-order valence-corrected chi connectivity index (χ0v) is 17.0. The van der Waals surface area contributed by atoms with Crippen molar-refractivity contribution in [2.45, 2.75) is 57.7 Å². The molecule has 1 aliphatic carbocycles. The molecule has 6 heteroatoms. The number of rotatable bonds is 7. The molecule has 1 atom stereocenters. The SMILES string of the molecule is COCC(C)NC(N)=NCc1ccc(OC2CCCCC2)cc1.I. The number of benzene rings is 1. The second kappa shape index (κ2) is 11.5. The van der Waals surface area contributed by atoms with Crippen molar-refractivity contribution in [1.82, 2.24) is 5.32 Å². The molecule has 0 radical (unpaired) electrons. The Morgan fingerprint density at radius 2 is 1.92 bits per heavy atom. The van der Waals surface area contributed by atoms with Gasteiger partial charge in [0.25, 0.3) is 0 Å². The number of methoxy groups -OCH3 is 1. The normalized spacial score (nSPS) is 17.0. The van der Waals surface area contributed by atoms with Gasteiger partial charge in [-0.15, -0.1) is 24.0 Å². The zero-order valence-electron chi connectivity index (χ0n) is 14.7. The van der Waals surface area contributed by atoms with E-state index in [2.05, 4.69) is 10.3 Å². The second-order valence-corrected chi connectivity index (χ2v) is 6.22. The summed E-state index contributed by atoms with van der Waals surface area (Å²) in [4.78, 5) is 4.35. The van der Waals surface area contributed by atoms with Crippen LogP contribution >= 0.6 is 24.0 Å². The van der Waals surface area contributed by atoms with E-state index in [1.165, 1.54) is 32.1 Å². The number of guanidine groups is 1. The first kappa shape index (κ1) is 21.0. The van der Waals surface area contributed by atoms with Gasteiger partial charge in [-0.05, 0) is 50.3 Å². The third-order valence-electron chi connectivity index (χ3n) is 4.02. The molecule has 0 aliphatic heterocycles. The quantitative estimate of drug-likeness (QED) is 0.382. The maximum atomic E-state index is 6.03. The summed E-state index contributed by atoms with van der Waals surface area (Å²) in [6, 6.07) is 8.30. The fourth-order valence-corrected chi connectivity index (χ4v) is 2.82. The van der Waals surface area contributed by atoms with E-state index >= 15 is 0 Å². The van der Waals surface area contributed by atoms with Crippen LogP contribution in [0, 0.1) is 0 Å². The molecular formula is C18H30IN3O2. The van der Waals surface area contributed by atoms with Gasteiger partial charge in [-0.3, -0.25) is 0 Å². The lowest BCUT2D eigenvalue weighted by molar-refractivity contribution is 0.155. The lowest BCUT2D eigenvalue weighted by Gasteiger charge is -2.23. The van der Waals surface area contributed by atoms with Crippen molar-refractivity contribution in [2.24, 2.45) is 10.7 Å².